The average Bonchev–Trinajstić information content (AvgIpc) is 2.39. The highest BCUT2D eigenvalue weighted by Gasteiger charge is 2.48. The lowest BCUT2D eigenvalue weighted by molar-refractivity contribution is -0.167. The number of methoxy groups -OCH3 is 1. The van der Waals surface area contributed by atoms with Crippen molar-refractivity contribution in [2.75, 3.05) is 7.11 Å². The predicted octanol–water partition coefficient (Wildman–Crippen LogP) is 3.52. The van der Waals surface area contributed by atoms with Gasteiger partial charge in [-0.3, -0.25) is 0 Å². The van der Waals surface area contributed by atoms with Crippen molar-refractivity contribution in [3.8, 4) is 0 Å². The van der Waals surface area contributed by atoms with E-state index in [4.69, 9.17) is 4.74 Å². The fraction of sp³-hybridized carbons (Fsp3) is 1.00. The van der Waals surface area contributed by atoms with Gasteiger partial charge in [0.05, 0.1) is 11.7 Å². The van der Waals surface area contributed by atoms with Gasteiger partial charge >= 0.3 is 0 Å². The molecule has 100 valence electrons. The van der Waals surface area contributed by atoms with E-state index in [1.54, 1.807) is 7.11 Å². The van der Waals surface area contributed by atoms with Gasteiger partial charge in [0.2, 0.25) is 0 Å². The fourth-order valence-electron chi connectivity index (χ4n) is 4.25. The molecule has 0 spiro atoms. The Morgan fingerprint density at radius 1 is 1.12 bits per heavy atom. The quantitative estimate of drug-likeness (QED) is 0.818. The third-order valence-corrected chi connectivity index (χ3v) is 5.21. The van der Waals surface area contributed by atoms with Gasteiger partial charge in [-0.05, 0) is 31.1 Å². The first-order chi connectivity index (χ1) is 8.22. The van der Waals surface area contributed by atoms with Gasteiger partial charge in [-0.25, -0.2) is 0 Å². The van der Waals surface area contributed by atoms with Crippen molar-refractivity contribution in [2.24, 2.45) is 11.8 Å². The molecular weight excluding hydrogens is 212 g/mol. The molecule has 0 saturated heterocycles. The summed E-state index contributed by atoms with van der Waals surface area (Å²) in [6.07, 6.45) is 10.8. The standard InChI is InChI=1S/C15H28O2/c1-3-12-8-4-5-9-13(12)15(16)11-7-6-10-14(15)17-2/h12-14,16H,3-11H2,1-2H3. The van der Waals surface area contributed by atoms with Gasteiger partial charge in [-0.1, -0.05) is 45.4 Å². The smallest absolute Gasteiger partial charge is 0.0938 e. The third kappa shape index (κ3) is 2.53. The maximum absolute atomic E-state index is 11.1. The first-order valence-electron chi connectivity index (χ1n) is 7.47. The highest BCUT2D eigenvalue weighted by Crippen LogP contribution is 2.46. The minimum atomic E-state index is -0.534. The molecule has 0 aromatic rings. The molecule has 2 aliphatic carbocycles. The van der Waals surface area contributed by atoms with Gasteiger partial charge in [0, 0.05) is 7.11 Å². The van der Waals surface area contributed by atoms with E-state index >= 15 is 0 Å². The Kier molecular flexibility index (Phi) is 4.48. The zero-order valence-corrected chi connectivity index (χ0v) is 11.5. The van der Waals surface area contributed by atoms with Gasteiger partial charge < -0.3 is 9.84 Å². The van der Waals surface area contributed by atoms with E-state index < -0.39 is 5.60 Å². The molecule has 0 bridgehead atoms. The summed E-state index contributed by atoms with van der Waals surface area (Å²) in [5.41, 5.74) is -0.534. The number of hydrogen-bond acceptors (Lipinski definition) is 2. The van der Waals surface area contributed by atoms with Gasteiger partial charge in [-0.15, -0.1) is 0 Å². The molecule has 0 amide bonds. The van der Waals surface area contributed by atoms with Crippen LogP contribution in [0, 0.1) is 11.8 Å². The van der Waals surface area contributed by atoms with Crippen LogP contribution in [0.1, 0.15) is 64.7 Å². The van der Waals surface area contributed by atoms with E-state index in [9.17, 15) is 5.11 Å². The molecule has 0 aromatic carbocycles. The first-order valence-corrected chi connectivity index (χ1v) is 7.47. The maximum Gasteiger partial charge on any atom is 0.0938 e. The number of aliphatic hydroxyl groups is 1. The van der Waals surface area contributed by atoms with E-state index in [1.165, 1.54) is 44.9 Å². The largest absolute Gasteiger partial charge is 0.387 e. The normalized spacial score (nSPS) is 43.6. The second kappa shape index (κ2) is 5.71. The van der Waals surface area contributed by atoms with Crippen LogP contribution in [-0.2, 0) is 4.74 Å². The molecule has 1 N–H and O–H groups in total. The van der Waals surface area contributed by atoms with Crippen molar-refractivity contribution in [3.63, 3.8) is 0 Å². The first kappa shape index (κ1) is 13.4. The van der Waals surface area contributed by atoms with Crippen LogP contribution in [0.4, 0.5) is 0 Å². The van der Waals surface area contributed by atoms with E-state index in [0.29, 0.717) is 11.8 Å². The number of rotatable bonds is 3. The highest BCUT2D eigenvalue weighted by atomic mass is 16.5. The Labute approximate surface area is 106 Å². The lowest BCUT2D eigenvalue weighted by atomic mass is 9.63. The summed E-state index contributed by atoms with van der Waals surface area (Å²) in [4.78, 5) is 0. The molecule has 4 atom stereocenters. The van der Waals surface area contributed by atoms with E-state index in [-0.39, 0.29) is 6.10 Å². The summed E-state index contributed by atoms with van der Waals surface area (Å²) >= 11 is 0. The summed E-state index contributed by atoms with van der Waals surface area (Å²) in [5, 5.41) is 11.1. The van der Waals surface area contributed by atoms with Crippen LogP contribution in [0.15, 0.2) is 0 Å². The molecule has 2 fully saturated rings. The number of ether oxygens (including phenoxy) is 1. The summed E-state index contributed by atoms with van der Waals surface area (Å²) in [6.45, 7) is 2.27. The molecular formula is C15H28O2. The Bertz CT molecular complexity index is 241. The fourth-order valence-corrected chi connectivity index (χ4v) is 4.25. The summed E-state index contributed by atoms with van der Waals surface area (Å²) < 4.78 is 5.60. The van der Waals surface area contributed by atoms with E-state index in [2.05, 4.69) is 6.92 Å². The molecule has 2 nitrogen and oxygen atoms in total. The molecule has 2 saturated carbocycles. The Morgan fingerprint density at radius 3 is 2.53 bits per heavy atom. The van der Waals surface area contributed by atoms with Crippen LogP contribution in [0.3, 0.4) is 0 Å². The monoisotopic (exact) mass is 240 g/mol. The van der Waals surface area contributed by atoms with Crippen LogP contribution in [-0.4, -0.2) is 23.9 Å². The average molecular weight is 240 g/mol. The lowest BCUT2D eigenvalue weighted by Crippen LogP contribution is -2.54. The summed E-state index contributed by atoms with van der Waals surface area (Å²) in [7, 11) is 1.77. The van der Waals surface area contributed by atoms with Crippen molar-refractivity contribution in [2.45, 2.75) is 76.4 Å². The number of hydrogen-bond donors (Lipinski definition) is 1. The molecule has 0 radical (unpaired) electrons. The minimum Gasteiger partial charge on any atom is -0.387 e. The van der Waals surface area contributed by atoms with Gasteiger partial charge in [0.1, 0.15) is 0 Å². The molecule has 4 unspecified atom stereocenters. The van der Waals surface area contributed by atoms with Crippen molar-refractivity contribution in [1.29, 1.82) is 0 Å². The van der Waals surface area contributed by atoms with Crippen molar-refractivity contribution in [3.05, 3.63) is 0 Å². The van der Waals surface area contributed by atoms with Gasteiger partial charge in [0.15, 0.2) is 0 Å². The van der Waals surface area contributed by atoms with Crippen molar-refractivity contribution >= 4 is 0 Å². The highest BCUT2D eigenvalue weighted by molar-refractivity contribution is 4.99. The van der Waals surface area contributed by atoms with E-state index in [0.717, 1.165) is 12.8 Å². The Morgan fingerprint density at radius 2 is 1.82 bits per heavy atom. The van der Waals surface area contributed by atoms with Crippen LogP contribution >= 0.6 is 0 Å². The van der Waals surface area contributed by atoms with Gasteiger partial charge in [-0.2, -0.15) is 0 Å². The summed E-state index contributed by atoms with van der Waals surface area (Å²) in [5.74, 6) is 1.19. The topological polar surface area (TPSA) is 29.5 Å². The second-order valence-electron chi connectivity index (χ2n) is 6.02. The predicted molar refractivity (Wildman–Crippen MR) is 70.0 cm³/mol. The zero-order valence-electron chi connectivity index (χ0n) is 11.5. The van der Waals surface area contributed by atoms with Crippen LogP contribution in [0.5, 0.6) is 0 Å². The molecule has 0 aliphatic heterocycles. The maximum atomic E-state index is 11.1. The van der Waals surface area contributed by atoms with Crippen LogP contribution in [0.2, 0.25) is 0 Å². The lowest BCUT2D eigenvalue weighted by Gasteiger charge is -2.49. The molecule has 17 heavy (non-hydrogen) atoms. The molecule has 0 heterocycles. The van der Waals surface area contributed by atoms with Crippen molar-refractivity contribution in [1.82, 2.24) is 0 Å². The van der Waals surface area contributed by atoms with E-state index in [1.807, 2.05) is 0 Å². The zero-order chi connectivity index (χ0) is 12.3. The van der Waals surface area contributed by atoms with Crippen LogP contribution in [0.25, 0.3) is 0 Å². The van der Waals surface area contributed by atoms with Crippen molar-refractivity contribution < 1.29 is 9.84 Å². The Hall–Kier alpha value is -0.0800. The molecule has 0 aromatic heterocycles. The Balaban J connectivity index is 2.15. The van der Waals surface area contributed by atoms with Gasteiger partial charge in [0.25, 0.3) is 0 Å². The second-order valence-corrected chi connectivity index (χ2v) is 6.02. The third-order valence-electron chi connectivity index (χ3n) is 5.21. The van der Waals surface area contributed by atoms with Crippen LogP contribution < -0.4 is 0 Å². The molecule has 2 rings (SSSR count). The minimum absolute atomic E-state index is 0.0772. The molecule has 2 aliphatic rings. The summed E-state index contributed by atoms with van der Waals surface area (Å²) in [6, 6.07) is 0. The molecule has 2 heteroatoms. The SMILES string of the molecule is CCC1CCCCC1C1(O)CCCCC1OC.